The fourth-order valence-electron chi connectivity index (χ4n) is 2.36. The average Bonchev–Trinajstić information content (AvgIpc) is 2.98. The molecule has 0 bridgehead atoms. The third-order valence-electron chi connectivity index (χ3n) is 4.05. The van der Waals surface area contributed by atoms with Crippen molar-refractivity contribution in [3.63, 3.8) is 0 Å². The minimum Gasteiger partial charge on any atom is -0.379 e. The Morgan fingerprint density at radius 2 is 1.79 bits per heavy atom. The molecule has 1 aliphatic rings. The number of carbonyl (C=O) groups excluding carboxylic acids is 5. The number of hydrogen-bond donors (Lipinski definition) is 3. The maximum Gasteiger partial charge on any atom is 0.516 e. The highest BCUT2D eigenvalue weighted by Gasteiger charge is 2.46. The second kappa shape index (κ2) is 12.7. The second-order valence-electron chi connectivity index (χ2n) is 6.50. The van der Waals surface area contributed by atoms with Crippen LogP contribution in [0.2, 0.25) is 0 Å². The van der Waals surface area contributed by atoms with Gasteiger partial charge in [-0.15, -0.1) is 11.8 Å². The molecule has 0 spiro atoms. The van der Waals surface area contributed by atoms with Crippen LogP contribution in [0.1, 0.15) is 19.3 Å². The van der Waals surface area contributed by atoms with Crippen LogP contribution in [0, 0.1) is 0 Å². The highest BCUT2D eigenvalue weighted by atomic mass is 32.2. The molecule has 1 unspecified atom stereocenters. The van der Waals surface area contributed by atoms with Gasteiger partial charge in [0.1, 0.15) is 0 Å². The number of hydrogen-bond acceptors (Lipinski definition) is 9. The largest absolute Gasteiger partial charge is 0.516 e. The number of imide groups is 1. The Hall–Kier alpha value is -2.40. The molecule has 0 aromatic carbocycles. The van der Waals surface area contributed by atoms with E-state index >= 15 is 0 Å². The lowest BCUT2D eigenvalue weighted by Gasteiger charge is -2.14. The number of ether oxygens (including phenoxy) is 1. The van der Waals surface area contributed by atoms with Crippen LogP contribution < -0.4 is 15.4 Å². The minimum atomic E-state index is -5.77. The molecule has 5 amide bonds. The molecule has 0 radical (unpaired) electrons. The lowest BCUT2D eigenvalue weighted by molar-refractivity contribution is -0.138. The standard InChI is InChI=1S/C16H23F3N4O8S2/c1-20-13(26)9-32-10-8-14(27)23(15(10)28)5-2-11(24)21-4-7-31-6-3-12(25)22-33(29,30)16(17,18)19/h10H,2-9H2,1H3,(H,20,26)(H,21,24)(H,22,25). The van der Waals surface area contributed by atoms with Gasteiger partial charge in [-0.25, -0.2) is 4.72 Å². The smallest absolute Gasteiger partial charge is 0.379 e. The zero-order valence-electron chi connectivity index (χ0n) is 17.4. The summed E-state index contributed by atoms with van der Waals surface area (Å²) in [7, 11) is -4.33. The van der Waals surface area contributed by atoms with Gasteiger partial charge in [0.05, 0.1) is 30.6 Å². The number of amides is 5. The van der Waals surface area contributed by atoms with E-state index in [1.807, 2.05) is 0 Å². The molecule has 1 saturated heterocycles. The molecule has 1 fully saturated rings. The second-order valence-corrected chi connectivity index (χ2v) is 9.36. The van der Waals surface area contributed by atoms with E-state index in [0.29, 0.717) is 0 Å². The van der Waals surface area contributed by atoms with Crippen LogP contribution in [-0.2, 0) is 38.7 Å². The number of likely N-dealkylation sites (tertiary alicyclic amines) is 1. The Morgan fingerprint density at radius 1 is 1.12 bits per heavy atom. The van der Waals surface area contributed by atoms with Crippen LogP contribution in [0.5, 0.6) is 0 Å². The van der Waals surface area contributed by atoms with Gasteiger partial charge in [-0.1, -0.05) is 0 Å². The molecule has 17 heteroatoms. The van der Waals surface area contributed by atoms with Gasteiger partial charge >= 0.3 is 15.5 Å². The van der Waals surface area contributed by atoms with E-state index in [2.05, 4.69) is 10.6 Å². The molecule has 3 N–H and O–H groups in total. The lowest BCUT2D eigenvalue weighted by atomic mass is 10.3. The first-order chi connectivity index (χ1) is 15.3. The zero-order valence-corrected chi connectivity index (χ0v) is 19.0. The molecule has 188 valence electrons. The summed E-state index contributed by atoms with van der Waals surface area (Å²) >= 11 is 1.04. The summed E-state index contributed by atoms with van der Waals surface area (Å²) in [5.74, 6) is -3.09. The summed E-state index contributed by atoms with van der Waals surface area (Å²) in [6, 6.07) is 0. The van der Waals surface area contributed by atoms with Crippen LogP contribution >= 0.6 is 11.8 Å². The van der Waals surface area contributed by atoms with Crippen molar-refractivity contribution in [1.29, 1.82) is 0 Å². The SMILES string of the molecule is CNC(=O)CSC1CC(=O)N(CCC(=O)NCCOCCC(=O)NS(=O)(=O)C(F)(F)F)C1=O. The van der Waals surface area contributed by atoms with Crippen LogP contribution in [0.25, 0.3) is 0 Å². The first-order valence-electron chi connectivity index (χ1n) is 9.41. The van der Waals surface area contributed by atoms with E-state index in [-0.39, 0.29) is 50.8 Å². The van der Waals surface area contributed by atoms with Gasteiger partial charge in [-0.05, 0) is 0 Å². The van der Waals surface area contributed by atoms with Crippen molar-refractivity contribution in [2.24, 2.45) is 0 Å². The van der Waals surface area contributed by atoms with Crippen molar-refractivity contribution in [3.05, 3.63) is 0 Å². The minimum absolute atomic E-state index is 0.0221. The predicted octanol–water partition coefficient (Wildman–Crippen LogP) is -1.53. The molecule has 0 aliphatic carbocycles. The molecule has 12 nitrogen and oxygen atoms in total. The van der Waals surface area contributed by atoms with Gasteiger partial charge < -0.3 is 15.4 Å². The van der Waals surface area contributed by atoms with E-state index < -0.39 is 50.8 Å². The zero-order chi connectivity index (χ0) is 25.2. The van der Waals surface area contributed by atoms with E-state index in [0.717, 1.165) is 21.4 Å². The Kier molecular flexibility index (Phi) is 11.1. The van der Waals surface area contributed by atoms with Crippen LogP contribution in [0.3, 0.4) is 0 Å². The molecular formula is C16H23F3N4O8S2. The monoisotopic (exact) mass is 520 g/mol. The van der Waals surface area contributed by atoms with Crippen molar-refractivity contribution >= 4 is 51.3 Å². The first kappa shape index (κ1) is 28.6. The van der Waals surface area contributed by atoms with Gasteiger partial charge in [-0.3, -0.25) is 28.9 Å². The molecule has 1 heterocycles. The molecule has 0 saturated carbocycles. The molecule has 1 atom stereocenters. The topological polar surface area (TPSA) is 168 Å². The predicted molar refractivity (Wildman–Crippen MR) is 108 cm³/mol. The molecule has 1 rings (SSSR count). The Labute approximate surface area is 191 Å². The van der Waals surface area contributed by atoms with E-state index in [4.69, 9.17) is 4.74 Å². The Bertz CT molecular complexity index is 866. The summed E-state index contributed by atoms with van der Waals surface area (Å²) < 4.78 is 63.7. The van der Waals surface area contributed by atoms with Crippen molar-refractivity contribution in [2.75, 3.05) is 39.1 Å². The fourth-order valence-corrected chi connectivity index (χ4v) is 3.90. The van der Waals surface area contributed by atoms with Gasteiger partial charge in [0.2, 0.25) is 29.5 Å². The van der Waals surface area contributed by atoms with Crippen LogP contribution in [0.4, 0.5) is 13.2 Å². The lowest BCUT2D eigenvalue weighted by Crippen LogP contribution is -2.40. The van der Waals surface area contributed by atoms with E-state index in [1.165, 1.54) is 7.05 Å². The molecule has 1 aliphatic heterocycles. The highest BCUT2D eigenvalue weighted by molar-refractivity contribution is 8.01. The molecule has 0 aromatic rings. The molecule has 33 heavy (non-hydrogen) atoms. The number of nitrogens with zero attached hydrogens (tertiary/aromatic N) is 1. The summed E-state index contributed by atoms with van der Waals surface area (Å²) in [5.41, 5.74) is -5.61. The molecule has 0 aromatic heterocycles. The van der Waals surface area contributed by atoms with Crippen LogP contribution in [0.15, 0.2) is 0 Å². The number of sulfonamides is 1. The van der Waals surface area contributed by atoms with Crippen molar-refractivity contribution in [2.45, 2.75) is 30.0 Å². The molecular weight excluding hydrogens is 497 g/mol. The summed E-state index contributed by atoms with van der Waals surface area (Å²) in [4.78, 5) is 59.4. The van der Waals surface area contributed by atoms with Gasteiger partial charge in [-0.2, -0.15) is 21.6 Å². The Morgan fingerprint density at radius 3 is 2.39 bits per heavy atom. The maximum atomic E-state index is 12.2. The number of alkyl halides is 3. The van der Waals surface area contributed by atoms with E-state index in [9.17, 15) is 45.6 Å². The van der Waals surface area contributed by atoms with Crippen molar-refractivity contribution in [3.8, 4) is 0 Å². The summed E-state index contributed by atoms with van der Waals surface area (Å²) in [5, 5.41) is 4.14. The Balaban J connectivity index is 2.21. The number of rotatable bonds is 13. The number of halogens is 3. The van der Waals surface area contributed by atoms with Crippen LogP contribution in [-0.4, -0.2) is 92.7 Å². The van der Waals surface area contributed by atoms with Crippen molar-refractivity contribution < 1.29 is 50.3 Å². The third kappa shape index (κ3) is 9.55. The normalized spacial score (nSPS) is 16.6. The quantitative estimate of drug-likeness (QED) is 0.193. The summed E-state index contributed by atoms with van der Waals surface area (Å²) in [6.45, 7) is -0.686. The van der Waals surface area contributed by atoms with Gasteiger partial charge in [0.15, 0.2) is 0 Å². The van der Waals surface area contributed by atoms with Gasteiger partial charge in [0.25, 0.3) is 0 Å². The average molecular weight is 521 g/mol. The third-order valence-corrected chi connectivity index (χ3v) is 6.36. The number of carbonyl (C=O) groups is 5. The van der Waals surface area contributed by atoms with Crippen molar-refractivity contribution in [1.82, 2.24) is 20.3 Å². The number of thioether (sulfide) groups is 1. The van der Waals surface area contributed by atoms with E-state index in [1.54, 1.807) is 0 Å². The maximum absolute atomic E-state index is 12.2. The highest BCUT2D eigenvalue weighted by Crippen LogP contribution is 2.25. The fraction of sp³-hybridized carbons (Fsp3) is 0.688. The summed E-state index contributed by atoms with van der Waals surface area (Å²) in [6.07, 6.45) is -0.892. The number of nitrogens with one attached hydrogen (secondary N) is 3. The first-order valence-corrected chi connectivity index (χ1v) is 11.9. The van der Waals surface area contributed by atoms with Gasteiger partial charge in [0, 0.05) is 33.0 Å².